The largest absolute Gasteiger partial charge is 0.456 e. The van der Waals surface area contributed by atoms with Crippen molar-refractivity contribution >= 4 is 0 Å². The summed E-state index contributed by atoms with van der Waals surface area (Å²) in [5.74, 6) is 2.02. The maximum Gasteiger partial charge on any atom is 0.263 e. The molecule has 0 spiro atoms. The fraction of sp³-hybridized carbons (Fsp3) is 0.417. The van der Waals surface area contributed by atoms with Crippen molar-refractivity contribution in [3.8, 4) is 11.7 Å². The predicted octanol–water partition coefficient (Wildman–Crippen LogP) is 1.98. The molecule has 0 unspecified atom stereocenters. The molecule has 0 atom stereocenters. The van der Waals surface area contributed by atoms with E-state index in [0.717, 1.165) is 18.0 Å². The molecule has 0 aliphatic carbocycles. The van der Waals surface area contributed by atoms with Crippen molar-refractivity contribution in [1.82, 2.24) is 10.3 Å². The number of hydrogen-bond donors (Lipinski definition) is 1. The summed E-state index contributed by atoms with van der Waals surface area (Å²) in [4.78, 5) is 4.33. The van der Waals surface area contributed by atoms with Crippen LogP contribution in [0.3, 0.4) is 0 Å². The van der Waals surface area contributed by atoms with E-state index in [-0.39, 0.29) is 0 Å². The summed E-state index contributed by atoms with van der Waals surface area (Å²) in [6, 6.07) is 3.74. The summed E-state index contributed by atoms with van der Waals surface area (Å²) >= 11 is 0. The van der Waals surface area contributed by atoms with Gasteiger partial charge in [0.05, 0.1) is 12.3 Å². The second-order valence-electron chi connectivity index (χ2n) is 3.72. The lowest BCUT2D eigenvalue weighted by Gasteiger charge is -1.99. The molecule has 0 fully saturated rings. The van der Waals surface area contributed by atoms with Crippen molar-refractivity contribution in [2.24, 2.45) is 0 Å². The van der Waals surface area contributed by atoms with Crippen LogP contribution in [0, 0.1) is 6.92 Å². The first-order valence-corrected chi connectivity index (χ1v) is 5.50. The fourth-order valence-corrected chi connectivity index (χ4v) is 1.44. The number of nitrogens with one attached hydrogen (secondary N) is 1. The minimum atomic E-state index is 0.515. The zero-order chi connectivity index (χ0) is 12.1. The zero-order valence-electron chi connectivity index (χ0n) is 10.0. The van der Waals surface area contributed by atoms with Gasteiger partial charge < -0.3 is 18.9 Å². The highest BCUT2D eigenvalue weighted by Gasteiger charge is 2.09. The highest BCUT2D eigenvalue weighted by Crippen LogP contribution is 2.20. The van der Waals surface area contributed by atoms with E-state index < -0.39 is 0 Å². The van der Waals surface area contributed by atoms with Crippen molar-refractivity contribution in [3.05, 3.63) is 29.9 Å². The molecule has 0 saturated carbocycles. The first kappa shape index (κ1) is 11.9. The van der Waals surface area contributed by atoms with Gasteiger partial charge in [-0.2, -0.15) is 0 Å². The lowest BCUT2D eigenvalue weighted by molar-refractivity contribution is 0.199. The Morgan fingerprint density at radius 3 is 3.00 bits per heavy atom. The molecule has 0 saturated heterocycles. The van der Waals surface area contributed by atoms with Crippen LogP contribution in [0.1, 0.15) is 11.5 Å². The molecule has 5 heteroatoms. The molecule has 0 radical (unpaired) electrons. The summed E-state index contributed by atoms with van der Waals surface area (Å²) in [6.07, 6.45) is 1.63. The summed E-state index contributed by atoms with van der Waals surface area (Å²) in [7, 11) is 1.68. The molecule has 92 valence electrons. The third kappa shape index (κ3) is 3.18. The smallest absolute Gasteiger partial charge is 0.263 e. The van der Waals surface area contributed by atoms with Gasteiger partial charge in [-0.05, 0) is 19.1 Å². The maximum absolute atomic E-state index is 5.43. The summed E-state index contributed by atoms with van der Waals surface area (Å²) in [5.41, 5.74) is 0.852. The molecule has 0 bridgehead atoms. The molecule has 5 nitrogen and oxygen atoms in total. The molecule has 0 aromatic carbocycles. The molecule has 0 amide bonds. The Balaban J connectivity index is 1.92. The normalized spacial score (nSPS) is 10.9. The van der Waals surface area contributed by atoms with Crippen molar-refractivity contribution in [2.75, 3.05) is 20.3 Å². The highest BCUT2D eigenvalue weighted by molar-refractivity contribution is 5.44. The van der Waals surface area contributed by atoms with Gasteiger partial charge in [0, 0.05) is 20.2 Å². The number of nitrogens with zero attached hydrogens (tertiary/aromatic N) is 1. The van der Waals surface area contributed by atoms with Gasteiger partial charge in [-0.1, -0.05) is 0 Å². The van der Waals surface area contributed by atoms with Crippen molar-refractivity contribution in [2.45, 2.75) is 13.5 Å². The standard InChI is InChI=1S/C12H16N2O3/c1-9-3-4-11(17-9)12-14-10(8-16-12)7-13-5-6-15-2/h3-4,8,13H,5-7H2,1-2H3. The van der Waals surface area contributed by atoms with E-state index in [4.69, 9.17) is 13.6 Å². The van der Waals surface area contributed by atoms with E-state index >= 15 is 0 Å². The Kier molecular flexibility index (Phi) is 3.95. The van der Waals surface area contributed by atoms with Crippen LogP contribution in [0.15, 0.2) is 27.2 Å². The Labute approximate surface area is 99.8 Å². The zero-order valence-corrected chi connectivity index (χ0v) is 10.0. The molecular weight excluding hydrogens is 220 g/mol. The number of aryl methyl sites for hydroxylation is 1. The molecule has 1 N–H and O–H groups in total. The molecule has 2 aromatic heterocycles. The topological polar surface area (TPSA) is 60.4 Å². The van der Waals surface area contributed by atoms with Crippen LogP contribution in [-0.4, -0.2) is 25.2 Å². The van der Waals surface area contributed by atoms with Crippen LogP contribution in [0.5, 0.6) is 0 Å². The molecule has 17 heavy (non-hydrogen) atoms. The average molecular weight is 236 g/mol. The Morgan fingerprint density at radius 1 is 1.41 bits per heavy atom. The van der Waals surface area contributed by atoms with Gasteiger partial charge in [0.15, 0.2) is 5.76 Å². The molecule has 2 heterocycles. The van der Waals surface area contributed by atoms with Gasteiger partial charge >= 0.3 is 0 Å². The van der Waals surface area contributed by atoms with Gasteiger partial charge in [-0.25, -0.2) is 4.98 Å². The number of furan rings is 1. The number of oxazole rings is 1. The maximum atomic E-state index is 5.43. The molecule has 2 aromatic rings. The number of hydrogen-bond acceptors (Lipinski definition) is 5. The highest BCUT2D eigenvalue weighted by atomic mass is 16.5. The Bertz CT molecular complexity index is 462. The summed E-state index contributed by atoms with van der Waals surface area (Å²) < 4.78 is 15.7. The van der Waals surface area contributed by atoms with Crippen molar-refractivity contribution < 1.29 is 13.6 Å². The van der Waals surface area contributed by atoms with E-state index in [0.29, 0.717) is 24.8 Å². The predicted molar refractivity (Wildman–Crippen MR) is 62.5 cm³/mol. The van der Waals surface area contributed by atoms with Crippen LogP contribution in [0.2, 0.25) is 0 Å². The summed E-state index contributed by atoms with van der Waals surface area (Å²) in [6.45, 7) is 4.02. The lowest BCUT2D eigenvalue weighted by atomic mass is 10.4. The third-order valence-electron chi connectivity index (χ3n) is 2.29. The third-order valence-corrected chi connectivity index (χ3v) is 2.29. The minimum absolute atomic E-state index is 0.515. The lowest BCUT2D eigenvalue weighted by Crippen LogP contribution is -2.18. The average Bonchev–Trinajstić information content (AvgIpc) is 2.93. The van der Waals surface area contributed by atoms with Crippen LogP contribution in [0.25, 0.3) is 11.7 Å². The first-order valence-electron chi connectivity index (χ1n) is 5.50. The molecule has 0 aliphatic rings. The minimum Gasteiger partial charge on any atom is -0.456 e. The van der Waals surface area contributed by atoms with Crippen molar-refractivity contribution in [1.29, 1.82) is 0 Å². The van der Waals surface area contributed by atoms with Crippen LogP contribution in [0.4, 0.5) is 0 Å². The van der Waals surface area contributed by atoms with Crippen LogP contribution < -0.4 is 5.32 Å². The number of ether oxygens (including phenoxy) is 1. The first-order chi connectivity index (χ1) is 8.29. The van der Waals surface area contributed by atoms with Gasteiger partial charge in [-0.15, -0.1) is 0 Å². The number of aromatic nitrogens is 1. The number of rotatable bonds is 6. The van der Waals surface area contributed by atoms with E-state index in [1.807, 2.05) is 19.1 Å². The SMILES string of the molecule is COCCNCc1coc(-c2ccc(C)o2)n1. The van der Waals surface area contributed by atoms with E-state index in [9.17, 15) is 0 Å². The molecular formula is C12H16N2O3. The van der Waals surface area contributed by atoms with E-state index in [1.54, 1.807) is 13.4 Å². The van der Waals surface area contributed by atoms with Gasteiger partial charge in [-0.3, -0.25) is 0 Å². The van der Waals surface area contributed by atoms with E-state index in [1.165, 1.54) is 0 Å². The second kappa shape index (κ2) is 5.65. The van der Waals surface area contributed by atoms with Gasteiger partial charge in [0.1, 0.15) is 12.0 Å². The van der Waals surface area contributed by atoms with Crippen molar-refractivity contribution in [3.63, 3.8) is 0 Å². The van der Waals surface area contributed by atoms with Crippen LogP contribution >= 0.6 is 0 Å². The van der Waals surface area contributed by atoms with E-state index in [2.05, 4.69) is 10.3 Å². The number of methoxy groups -OCH3 is 1. The van der Waals surface area contributed by atoms with Gasteiger partial charge in [0.25, 0.3) is 5.89 Å². The second-order valence-corrected chi connectivity index (χ2v) is 3.72. The summed E-state index contributed by atoms with van der Waals surface area (Å²) in [5, 5.41) is 3.19. The molecule has 2 rings (SSSR count). The van der Waals surface area contributed by atoms with Gasteiger partial charge in [0.2, 0.25) is 0 Å². The quantitative estimate of drug-likeness (QED) is 0.777. The Hall–Kier alpha value is -1.59. The Morgan fingerprint density at radius 2 is 2.29 bits per heavy atom. The van der Waals surface area contributed by atoms with Crippen LogP contribution in [-0.2, 0) is 11.3 Å². The fourth-order valence-electron chi connectivity index (χ4n) is 1.44. The molecule has 0 aliphatic heterocycles. The monoisotopic (exact) mass is 236 g/mol.